The average molecular weight is 706 g/mol. The Hall–Kier alpha value is -3.41. The van der Waals surface area contributed by atoms with Crippen molar-refractivity contribution in [2.45, 2.75) is 35.4 Å². The second-order valence-corrected chi connectivity index (χ2v) is 13.1. The average Bonchev–Trinajstić information content (AvgIpc) is 3.34. The Bertz CT molecular complexity index is 1650. The van der Waals surface area contributed by atoms with E-state index in [1.165, 1.54) is 33.3 Å². The number of nitrogens with zero attached hydrogens (tertiary/aromatic N) is 2. The number of allylic oxidation sites excluding steroid dienone is 2. The molecule has 1 N–H and O–H groups in total. The summed E-state index contributed by atoms with van der Waals surface area (Å²) in [6.45, 7) is 1.42. The van der Waals surface area contributed by atoms with Gasteiger partial charge >= 0.3 is 0 Å². The zero-order chi connectivity index (χ0) is 31.9. The van der Waals surface area contributed by atoms with Crippen molar-refractivity contribution in [3.8, 4) is 17.2 Å². The maximum atomic E-state index is 14.1. The van der Waals surface area contributed by atoms with Crippen LogP contribution in [0, 0.1) is 17.8 Å². The number of halogens is 3. The lowest BCUT2D eigenvalue weighted by atomic mass is 9.56. The van der Waals surface area contributed by atoms with E-state index in [0.717, 1.165) is 9.80 Å². The fourth-order valence-electron chi connectivity index (χ4n) is 7.31. The van der Waals surface area contributed by atoms with E-state index in [0.29, 0.717) is 22.4 Å². The first-order valence-electron chi connectivity index (χ1n) is 13.8. The SMILES string of the molecule is COc1cc(C2C3=CCC4C(=O)N(c5ccc(C(C)=O)cc5)C(=O)C4C3CC3(Cl)C(=O)N(CBr)C(=O)C23Cl)cc(OC)c1O. The maximum absolute atomic E-state index is 14.1. The van der Waals surface area contributed by atoms with Gasteiger partial charge in [0.15, 0.2) is 27.0 Å². The quantitative estimate of drug-likeness (QED) is 0.153. The Morgan fingerprint density at radius 2 is 1.61 bits per heavy atom. The molecule has 6 atom stereocenters. The monoisotopic (exact) mass is 704 g/mol. The number of fused-ring (bicyclic) bond motifs is 4. The molecule has 4 amide bonds. The summed E-state index contributed by atoms with van der Waals surface area (Å²) in [5, 5.41) is 10.6. The van der Waals surface area contributed by atoms with Crippen LogP contribution in [0.3, 0.4) is 0 Å². The van der Waals surface area contributed by atoms with Crippen LogP contribution in [0.1, 0.15) is 41.6 Å². The number of carbonyl (C=O) groups excluding carboxylic acids is 5. The molecule has 2 heterocycles. The number of hydrogen-bond acceptors (Lipinski definition) is 8. The number of Topliss-reactive ketones (excluding diaryl/α,β-unsaturated/α-hetero) is 1. The molecule has 2 aromatic rings. The van der Waals surface area contributed by atoms with Crippen molar-refractivity contribution in [3.63, 3.8) is 0 Å². The third-order valence-electron chi connectivity index (χ3n) is 9.38. The Morgan fingerprint density at radius 1 is 1.00 bits per heavy atom. The number of phenolic OH excluding ortho intramolecular Hbond substituents is 1. The van der Waals surface area contributed by atoms with Crippen LogP contribution in [0.5, 0.6) is 17.2 Å². The van der Waals surface area contributed by atoms with Gasteiger partial charge in [-0.15, -0.1) is 23.2 Å². The highest BCUT2D eigenvalue weighted by atomic mass is 79.9. The largest absolute Gasteiger partial charge is 0.502 e. The Morgan fingerprint density at radius 3 is 2.16 bits per heavy atom. The summed E-state index contributed by atoms with van der Waals surface area (Å²) in [6, 6.07) is 9.21. The Balaban J connectivity index is 1.52. The predicted molar refractivity (Wildman–Crippen MR) is 163 cm³/mol. The number of rotatable bonds is 6. The van der Waals surface area contributed by atoms with E-state index < -0.39 is 57.0 Å². The van der Waals surface area contributed by atoms with Crippen LogP contribution in [-0.2, 0) is 19.2 Å². The highest BCUT2D eigenvalue weighted by molar-refractivity contribution is 9.09. The number of anilines is 1. The molecule has 6 unspecified atom stereocenters. The smallest absolute Gasteiger partial charge is 0.254 e. The molecular weight excluding hydrogens is 679 g/mol. The fourth-order valence-corrected chi connectivity index (χ4v) is 8.73. The van der Waals surface area contributed by atoms with Crippen LogP contribution in [0.4, 0.5) is 5.69 Å². The third kappa shape index (κ3) is 3.94. The van der Waals surface area contributed by atoms with Gasteiger partial charge in [0.2, 0.25) is 17.6 Å². The van der Waals surface area contributed by atoms with Crippen molar-refractivity contribution in [3.05, 3.63) is 59.2 Å². The number of amides is 4. The summed E-state index contributed by atoms with van der Waals surface area (Å²) in [5.41, 5.74) is 1.56. The number of alkyl halides is 3. The molecule has 44 heavy (non-hydrogen) atoms. The number of ketones is 1. The van der Waals surface area contributed by atoms with Crippen molar-refractivity contribution in [2.75, 3.05) is 24.6 Å². The molecule has 2 saturated heterocycles. The first-order valence-corrected chi connectivity index (χ1v) is 15.7. The minimum absolute atomic E-state index is 0.0395. The van der Waals surface area contributed by atoms with Crippen LogP contribution < -0.4 is 14.4 Å². The summed E-state index contributed by atoms with van der Waals surface area (Å²) in [5.74, 6) is -6.08. The van der Waals surface area contributed by atoms with Crippen LogP contribution >= 0.6 is 39.1 Å². The lowest BCUT2D eigenvalue weighted by Crippen LogP contribution is -2.60. The highest BCUT2D eigenvalue weighted by Crippen LogP contribution is 2.66. The number of imide groups is 2. The number of ether oxygens (including phenoxy) is 2. The molecule has 0 bridgehead atoms. The van der Waals surface area contributed by atoms with E-state index in [-0.39, 0.29) is 41.3 Å². The summed E-state index contributed by atoms with van der Waals surface area (Å²) in [6.07, 6.45) is 1.82. The number of carbonyl (C=O) groups is 5. The van der Waals surface area contributed by atoms with Crippen molar-refractivity contribution < 1.29 is 38.6 Å². The lowest BCUT2D eigenvalue weighted by molar-refractivity contribution is -0.138. The van der Waals surface area contributed by atoms with Gasteiger partial charge in [0, 0.05) is 11.5 Å². The third-order valence-corrected chi connectivity index (χ3v) is 11.3. The molecule has 0 radical (unpaired) electrons. The van der Waals surface area contributed by atoms with Crippen molar-refractivity contribution in [2.24, 2.45) is 17.8 Å². The molecule has 2 aliphatic carbocycles. The van der Waals surface area contributed by atoms with E-state index in [2.05, 4.69) is 15.9 Å². The number of hydrogen-bond donors (Lipinski definition) is 1. The van der Waals surface area contributed by atoms with Gasteiger partial charge < -0.3 is 14.6 Å². The molecule has 10 nitrogen and oxygen atoms in total. The fraction of sp³-hybridized carbons (Fsp3) is 0.387. The zero-order valence-electron chi connectivity index (χ0n) is 23.8. The molecule has 230 valence electrons. The molecule has 2 aliphatic heterocycles. The summed E-state index contributed by atoms with van der Waals surface area (Å²) >= 11 is 17.7. The van der Waals surface area contributed by atoms with Gasteiger partial charge in [0.1, 0.15) is 0 Å². The van der Waals surface area contributed by atoms with Gasteiger partial charge in [-0.1, -0.05) is 27.6 Å². The summed E-state index contributed by atoms with van der Waals surface area (Å²) < 4.78 is 10.8. The Kier molecular flexibility index (Phi) is 7.37. The molecule has 1 saturated carbocycles. The summed E-state index contributed by atoms with van der Waals surface area (Å²) in [7, 11) is 2.71. The number of likely N-dealkylation sites (tertiary alicyclic amines) is 1. The van der Waals surface area contributed by atoms with Crippen molar-refractivity contribution in [1.29, 1.82) is 0 Å². The molecule has 3 fully saturated rings. The second kappa shape index (κ2) is 10.6. The van der Waals surface area contributed by atoms with Crippen LogP contribution in [0.25, 0.3) is 0 Å². The van der Waals surface area contributed by atoms with Gasteiger partial charge in [-0.25, -0.2) is 0 Å². The van der Waals surface area contributed by atoms with Crippen LogP contribution in [0.2, 0.25) is 0 Å². The molecule has 2 aromatic carbocycles. The lowest BCUT2D eigenvalue weighted by Gasteiger charge is -2.50. The van der Waals surface area contributed by atoms with Crippen molar-refractivity contribution >= 4 is 74.2 Å². The number of aromatic hydroxyl groups is 1. The number of phenols is 1. The molecule has 0 spiro atoms. The van der Waals surface area contributed by atoms with Gasteiger partial charge in [-0.3, -0.25) is 33.8 Å². The van der Waals surface area contributed by atoms with Gasteiger partial charge in [0.05, 0.1) is 37.2 Å². The first kappa shape index (κ1) is 30.6. The van der Waals surface area contributed by atoms with E-state index in [4.69, 9.17) is 32.7 Å². The van der Waals surface area contributed by atoms with E-state index in [1.807, 2.05) is 6.08 Å². The normalized spacial score (nSPS) is 31.0. The molecule has 4 aliphatic rings. The van der Waals surface area contributed by atoms with E-state index in [9.17, 15) is 29.1 Å². The maximum Gasteiger partial charge on any atom is 0.254 e. The first-order chi connectivity index (χ1) is 20.8. The Labute approximate surface area is 271 Å². The number of benzene rings is 2. The van der Waals surface area contributed by atoms with Crippen molar-refractivity contribution in [1.82, 2.24) is 4.90 Å². The molecule has 13 heteroatoms. The molecular formula is C31H27BrCl2N2O8. The second-order valence-electron chi connectivity index (χ2n) is 11.4. The van der Waals surface area contributed by atoms with Crippen LogP contribution in [0.15, 0.2) is 48.0 Å². The van der Waals surface area contributed by atoms with Gasteiger partial charge in [-0.05, 0) is 67.6 Å². The minimum Gasteiger partial charge on any atom is -0.502 e. The van der Waals surface area contributed by atoms with Gasteiger partial charge in [-0.2, -0.15) is 0 Å². The van der Waals surface area contributed by atoms with Crippen LogP contribution in [-0.4, -0.2) is 68.8 Å². The van der Waals surface area contributed by atoms with Gasteiger partial charge in [0.25, 0.3) is 11.8 Å². The number of methoxy groups -OCH3 is 2. The highest BCUT2D eigenvalue weighted by Gasteiger charge is 2.76. The summed E-state index contributed by atoms with van der Waals surface area (Å²) in [4.78, 5) is 65.5. The zero-order valence-corrected chi connectivity index (χ0v) is 26.9. The topological polar surface area (TPSA) is 131 Å². The predicted octanol–water partition coefficient (Wildman–Crippen LogP) is 4.53. The minimum atomic E-state index is -2.02. The molecule has 0 aromatic heterocycles. The van der Waals surface area contributed by atoms with E-state index >= 15 is 0 Å². The molecule has 6 rings (SSSR count). The van der Waals surface area contributed by atoms with E-state index in [1.54, 1.807) is 24.3 Å². The standard InChI is InChI=1S/C31H27BrCl2N2O8/c1-14(37)15-4-6-17(7-5-15)36-26(39)19-9-8-18-20(23(19)27(36)40)12-30(33)28(41)35(13-32)29(42)31(30,34)24(18)16-10-21(43-2)25(38)22(11-16)44-3/h4-8,10-11,19-20,23-24,38H,9,12-13H2,1-3H3.